The highest BCUT2D eigenvalue weighted by Gasteiger charge is 2.45. The van der Waals surface area contributed by atoms with Crippen molar-refractivity contribution < 1.29 is 18.3 Å². The summed E-state index contributed by atoms with van der Waals surface area (Å²) in [7, 11) is -3.57. The van der Waals surface area contributed by atoms with Crippen LogP contribution in [-0.2, 0) is 14.8 Å². The first-order chi connectivity index (χ1) is 13.4. The van der Waals surface area contributed by atoms with E-state index in [0.29, 0.717) is 32.5 Å². The smallest absolute Gasteiger partial charge is 0.243 e. The molecule has 4 rings (SSSR count). The minimum absolute atomic E-state index is 0.0561. The molecule has 6 nitrogen and oxygen atoms in total. The van der Waals surface area contributed by atoms with Crippen LogP contribution in [0.5, 0.6) is 0 Å². The topological polar surface area (TPSA) is 77.9 Å². The van der Waals surface area contributed by atoms with Crippen molar-refractivity contribution in [1.29, 1.82) is 0 Å². The van der Waals surface area contributed by atoms with Crippen molar-refractivity contribution in [3.8, 4) is 0 Å². The first-order valence-electron chi connectivity index (χ1n) is 10.5. The number of likely N-dealkylation sites (tertiary alicyclic amines) is 1. The predicted molar refractivity (Wildman–Crippen MR) is 106 cm³/mol. The number of amides is 1. The van der Waals surface area contributed by atoms with Crippen molar-refractivity contribution in [1.82, 2.24) is 9.21 Å². The summed E-state index contributed by atoms with van der Waals surface area (Å²) in [6, 6.07) is 8.45. The molecule has 1 unspecified atom stereocenters. The lowest BCUT2D eigenvalue weighted by molar-refractivity contribution is -0.148. The fourth-order valence-electron chi connectivity index (χ4n) is 5.13. The highest BCUT2D eigenvalue weighted by molar-refractivity contribution is 7.89. The zero-order valence-corrected chi connectivity index (χ0v) is 17.1. The average molecular weight is 407 g/mol. The van der Waals surface area contributed by atoms with Gasteiger partial charge in [-0.2, -0.15) is 4.31 Å². The Balaban J connectivity index is 1.44. The van der Waals surface area contributed by atoms with Crippen molar-refractivity contribution in [2.45, 2.75) is 55.4 Å². The molecule has 1 aromatic carbocycles. The third kappa shape index (κ3) is 3.72. The maximum absolute atomic E-state index is 13.2. The van der Waals surface area contributed by atoms with Gasteiger partial charge in [-0.1, -0.05) is 31.0 Å². The Labute approximate surface area is 167 Å². The second-order valence-corrected chi connectivity index (χ2v) is 10.5. The van der Waals surface area contributed by atoms with E-state index in [4.69, 9.17) is 0 Å². The van der Waals surface area contributed by atoms with Crippen LogP contribution in [0.25, 0.3) is 0 Å². The van der Waals surface area contributed by atoms with Gasteiger partial charge >= 0.3 is 0 Å². The highest BCUT2D eigenvalue weighted by atomic mass is 32.2. The number of fused-ring (bicyclic) bond motifs is 1. The van der Waals surface area contributed by atoms with Gasteiger partial charge in [0.15, 0.2) is 0 Å². The van der Waals surface area contributed by atoms with E-state index in [1.54, 1.807) is 30.3 Å². The molecule has 2 saturated heterocycles. The van der Waals surface area contributed by atoms with Crippen LogP contribution >= 0.6 is 0 Å². The Hall–Kier alpha value is -1.44. The molecule has 3 atom stereocenters. The summed E-state index contributed by atoms with van der Waals surface area (Å²) in [5.74, 6) is -0.0747. The lowest BCUT2D eigenvalue weighted by Crippen LogP contribution is -2.56. The van der Waals surface area contributed by atoms with E-state index in [9.17, 15) is 18.3 Å². The minimum Gasteiger partial charge on any atom is -0.389 e. The van der Waals surface area contributed by atoms with Gasteiger partial charge in [0.25, 0.3) is 0 Å². The third-order valence-corrected chi connectivity index (χ3v) is 8.73. The highest BCUT2D eigenvalue weighted by Crippen LogP contribution is 2.40. The average Bonchev–Trinajstić information content (AvgIpc) is 2.73. The fourth-order valence-corrected chi connectivity index (χ4v) is 6.68. The molecule has 1 N–H and O–H groups in total. The van der Waals surface area contributed by atoms with E-state index < -0.39 is 15.6 Å². The number of carbonyl (C=O) groups excluding carboxylic acids is 1. The molecule has 0 bridgehead atoms. The number of sulfonamides is 1. The summed E-state index contributed by atoms with van der Waals surface area (Å²) >= 11 is 0. The van der Waals surface area contributed by atoms with Crippen LogP contribution in [0.3, 0.4) is 0 Å². The van der Waals surface area contributed by atoms with E-state index in [1.807, 2.05) is 4.90 Å². The number of aliphatic hydroxyl groups is 1. The summed E-state index contributed by atoms with van der Waals surface area (Å²) in [5.41, 5.74) is -0.607. The second kappa shape index (κ2) is 7.76. The fraction of sp³-hybridized carbons (Fsp3) is 0.667. The Kier molecular flexibility index (Phi) is 5.51. The zero-order chi connectivity index (χ0) is 19.8. The second-order valence-electron chi connectivity index (χ2n) is 8.60. The normalized spacial score (nSPS) is 32.0. The maximum Gasteiger partial charge on any atom is 0.243 e. The molecule has 1 aliphatic carbocycles. The standard InChI is InChI=1S/C21H30N2O4S/c24-20(22-14-12-21(25)11-5-4-8-18(21)16-22)17-7-6-13-23(15-17)28(26,27)19-9-2-1-3-10-19/h1-3,9-10,17-18,25H,4-8,11-16H2/t17?,18-,21-/m0/s1. The quantitative estimate of drug-likeness (QED) is 0.835. The molecule has 2 aliphatic heterocycles. The molecule has 3 fully saturated rings. The van der Waals surface area contributed by atoms with Gasteiger partial charge in [-0.25, -0.2) is 8.42 Å². The molecule has 0 spiro atoms. The summed E-state index contributed by atoms with van der Waals surface area (Å²) < 4.78 is 27.3. The molecule has 1 saturated carbocycles. The van der Waals surface area contributed by atoms with Gasteiger partial charge in [-0.15, -0.1) is 0 Å². The number of rotatable bonds is 3. The summed E-state index contributed by atoms with van der Waals surface area (Å²) in [6.45, 7) is 1.90. The molecule has 0 aromatic heterocycles. The van der Waals surface area contributed by atoms with Crippen LogP contribution in [0.1, 0.15) is 44.9 Å². The largest absolute Gasteiger partial charge is 0.389 e. The van der Waals surface area contributed by atoms with Crippen molar-refractivity contribution in [2.75, 3.05) is 26.2 Å². The number of benzene rings is 1. The number of nitrogens with zero attached hydrogens (tertiary/aromatic N) is 2. The van der Waals surface area contributed by atoms with Crippen LogP contribution in [0.15, 0.2) is 35.2 Å². The number of hydrogen-bond acceptors (Lipinski definition) is 4. The third-order valence-electron chi connectivity index (χ3n) is 6.85. The lowest BCUT2D eigenvalue weighted by Gasteiger charge is -2.48. The van der Waals surface area contributed by atoms with Gasteiger partial charge in [0, 0.05) is 32.1 Å². The minimum atomic E-state index is -3.57. The Morgan fingerprint density at radius 3 is 2.57 bits per heavy atom. The molecule has 0 radical (unpaired) electrons. The van der Waals surface area contributed by atoms with Gasteiger partial charge in [0.2, 0.25) is 15.9 Å². The van der Waals surface area contributed by atoms with Gasteiger partial charge < -0.3 is 10.0 Å². The molecular weight excluding hydrogens is 376 g/mol. The van der Waals surface area contributed by atoms with Crippen molar-refractivity contribution >= 4 is 15.9 Å². The van der Waals surface area contributed by atoms with Crippen LogP contribution in [-0.4, -0.2) is 60.4 Å². The Morgan fingerprint density at radius 2 is 1.79 bits per heavy atom. The molecule has 154 valence electrons. The zero-order valence-electron chi connectivity index (χ0n) is 16.3. The van der Waals surface area contributed by atoms with E-state index in [-0.39, 0.29) is 29.2 Å². The Morgan fingerprint density at radius 1 is 1.00 bits per heavy atom. The van der Waals surface area contributed by atoms with E-state index >= 15 is 0 Å². The molecule has 3 aliphatic rings. The number of hydrogen-bond donors (Lipinski definition) is 1. The van der Waals surface area contributed by atoms with Gasteiger partial charge in [0.1, 0.15) is 0 Å². The summed E-state index contributed by atoms with van der Waals surface area (Å²) in [6.07, 6.45) is 6.06. The summed E-state index contributed by atoms with van der Waals surface area (Å²) in [5, 5.41) is 10.9. The molecule has 7 heteroatoms. The first kappa shape index (κ1) is 19.9. The van der Waals surface area contributed by atoms with Crippen LogP contribution in [0, 0.1) is 11.8 Å². The molecule has 2 heterocycles. The van der Waals surface area contributed by atoms with E-state index in [0.717, 1.165) is 32.1 Å². The summed E-state index contributed by atoms with van der Waals surface area (Å²) in [4.78, 5) is 15.3. The monoisotopic (exact) mass is 406 g/mol. The van der Waals surface area contributed by atoms with Crippen LogP contribution in [0.4, 0.5) is 0 Å². The van der Waals surface area contributed by atoms with E-state index in [1.165, 1.54) is 4.31 Å². The molecule has 1 amide bonds. The van der Waals surface area contributed by atoms with Gasteiger partial charge in [-0.3, -0.25) is 4.79 Å². The van der Waals surface area contributed by atoms with Crippen molar-refractivity contribution in [3.63, 3.8) is 0 Å². The van der Waals surface area contributed by atoms with Crippen molar-refractivity contribution in [2.24, 2.45) is 11.8 Å². The van der Waals surface area contributed by atoms with E-state index in [2.05, 4.69) is 0 Å². The predicted octanol–water partition coefficient (Wildman–Crippen LogP) is 2.24. The SMILES string of the molecule is O=C(C1CCCN(S(=O)(=O)c2ccccc2)C1)N1CC[C@@]2(O)CCCC[C@H]2C1. The Bertz CT molecular complexity index is 813. The maximum atomic E-state index is 13.2. The van der Waals surface area contributed by atoms with Crippen molar-refractivity contribution in [3.05, 3.63) is 30.3 Å². The van der Waals surface area contributed by atoms with Crippen LogP contribution < -0.4 is 0 Å². The first-order valence-corrected chi connectivity index (χ1v) is 11.9. The molecule has 28 heavy (non-hydrogen) atoms. The van der Waals surface area contributed by atoms with Gasteiger partial charge in [-0.05, 0) is 44.2 Å². The molecule has 1 aromatic rings. The van der Waals surface area contributed by atoms with Gasteiger partial charge in [0.05, 0.1) is 16.4 Å². The number of carbonyl (C=O) groups is 1. The molecular formula is C21H30N2O4S. The number of piperidine rings is 2. The lowest BCUT2D eigenvalue weighted by atomic mass is 9.71. The van der Waals surface area contributed by atoms with Crippen LogP contribution in [0.2, 0.25) is 0 Å².